The molecular formula is C51H50N2. The van der Waals surface area contributed by atoms with E-state index in [1.807, 2.05) is 12.2 Å². The SMILES string of the molecule is C=C/C=C\C(=C/C)c1ccc(/C=C/c2ccc3c4c5ccc(/C=C/c6ccc(-c7ccccc7)cc6)cc5n(CCCC)c4n(CCCC)c3c2)cc1. The Morgan fingerprint density at radius 1 is 0.585 bits per heavy atom. The van der Waals surface area contributed by atoms with Gasteiger partial charge in [0.1, 0.15) is 5.65 Å². The lowest BCUT2D eigenvalue weighted by Crippen LogP contribution is -2.05. The first-order valence-corrected chi connectivity index (χ1v) is 19.3. The first kappa shape index (κ1) is 35.5. The second-order valence-corrected chi connectivity index (χ2v) is 13.9. The van der Waals surface area contributed by atoms with E-state index in [-0.39, 0.29) is 0 Å². The average Bonchev–Trinajstić information content (AvgIpc) is 3.69. The van der Waals surface area contributed by atoms with E-state index in [0.717, 1.165) is 38.8 Å². The summed E-state index contributed by atoms with van der Waals surface area (Å²) < 4.78 is 5.21. The Kier molecular flexibility index (Phi) is 11.2. The minimum Gasteiger partial charge on any atom is -0.327 e. The third-order valence-electron chi connectivity index (χ3n) is 10.3. The Hall–Kier alpha value is -5.86. The van der Waals surface area contributed by atoms with Crippen molar-refractivity contribution in [2.75, 3.05) is 0 Å². The summed E-state index contributed by atoms with van der Waals surface area (Å²) in [5, 5.41) is 4.06. The van der Waals surface area contributed by atoms with Crippen LogP contribution in [-0.2, 0) is 13.1 Å². The van der Waals surface area contributed by atoms with Crippen LogP contribution in [-0.4, -0.2) is 9.13 Å². The van der Waals surface area contributed by atoms with Crippen molar-refractivity contribution in [2.45, 2.75) is 59.5 Å². The number of benzene rings is 5. The van der Waals surface area contributed by atoms with E-state index in [9.17, 15) is 0 Å². The Bertz CT molecular complexity index is 2460. The van der Waals surface area contributed by atoms with Crippen LogP contribution < -0.4 is 0 Å². The van der Waals surface area contributed by atoms with Gasteiger partial charge in [-0.1, -0.05) is 185 Å². The summed E-state index contributed by atoms with van der Waals surface area (Å²) in [6.07, 6.45) is 21.6. The molecule has 0 aliphatic carbocycles. The van der Waals surface area contributed by atoms with Crippen molar-refractivity contribution < 1.29 is 0 Å². The van der Waals surface area contributed by atoms with Crippen LogP contribution in [0.1, 0.15) is 74.3 Å². The smallest absolute Gasteiger partial charge is 0.122 e. The summed E-state index contributed by atoms with van der Waals surface area (Å²) >= 11 is 0. The summed E-state index contributed by atoms with van der Waals surface area (Å²) in [5.74, 6) is 0. The van der Waals surface area contributed by atoms with Crippen LogP contribution in [0.5, 0.6) is 0 Å². The summed E-state index contributed by atoms with van der Waals surface area (Å²) in [6.45, 7) is 12.5. The molecule has 5 aromatic carbocycles. The normalized spacial score (nSPS) is 12.5. The topological polar surface area (TPSA) is 9.86 Å². The molecule has 2 heterocycles. The van der Waals surface area contributed by atoms with Crippen molar-refractivity contribution in [2.24, 2.45) is 0 Å². The van der Waals surface area contributed by atoms with E-state index in [1.165, 1.54) is 77.4 Å². The molecule has 264 valence electrons. The highest BCUT2D eigenvalue weighted by Crippen LogP contribution is 2.39. The lowest BCUT2D eigenvalue weighted by Gasteiger charge is -2.12. The molecule has 0 unspecified atom stereocenters. The van der Waals surface area contributed by atoms with Gasteiger partial charge in [-0.3, -0.25) is 0 Å². The fourth-order valence-corrected chi connectivity index (χ4v) is 7.41. The maximum atomic E-state index is 3.80. The third-order valence-corrected chi connectivity index (χ3v) is 10.3. The number of unbranched alkanes of at least 4 members (excludes halogenated alkanes) is 2. The minimum atomic E-state index is 1.01. The van der Waals surface area contributed by atoms with Crippen LogP contribution in [0.3, 0.4) is 0 Å². The first-order chi connectivity index (χ1) is 26.1. The van der Waals surface area contributed by atoms with Gasteiger partial charge in [-0.15, -0.1) is 0 Å². The van der Waals surface area contributed by atoms with Crippen LogP contribution in [0.2, 0.25) is 0 Å². The molecule has 0 aliphatic rings. The number of aromatic nitrogens is 2. The van der Waals surface area contributed by atoms with Gasteiger partial charge in [-0.25, -0.2) is 0 Å². The molecule has 7 aromatic rings. The summed E-state index contributed by atoms with van der Waals surface area (Å²) in [4.78, 5) is 0. The van der Waals surface area contributed by atoms with Gasteiger partial charge in [-0.2, -0.15) is 0 Å². The van der Waals surface area contributed by atoms with Crippen molar-refractivity contribution >= 4 is 62.7 Å². The zero-order chi connectivity index (χ0) is 36.6. The van der Waals surface area contributed by atoms with E-state index in [2.05, 4.69) is 188 Å². The van der Waals surface area contributed by atoms with Gasteiger partial charge >= 0.3 is 0 Å². The first-order valence-electron chi connectivity index (χ1n) is 19.3. The number of allylic oxidation sites excluding steroid dienone is 5. The van der Waals surface area contributed by atoms with E-state index in [4.69, 9.17) is 0 Å². The monoisotopic (exact) mass is 690 g/mol. The number of fused-ring (bicyclic) bond motifs is 5. The lowest BCUT2D eigenvalue weighted by atomic mass is 10.0. The van der Waals surface area contributed by atoms with Crippen LogP contribution >= 0.6 is 0 Å². The lowest BCUT2D eigenvalue weighted by molar-refractivity contribution is 0.622. The second kappa shape index (κ2) is 16.7. The van der Waals surface area contributed by atoms with Crippen molar-refractivity contribution in [1.29, 1.82) is 0 Å². The maximum Gasteiger partial charge on any atom is 0.122 e. The van der Waals surface area contributed by atoms with Gasteiger partial charge in [-0.05, 0) is 76.4 Å². The number of aryl methyl sites for hydroxylation is 2. The predicted molar refractivity (Wildman–Crippen MR) is 234 cm³/mol. The van der Waals surface area contributed by atoms with Gasteiger partial charge in [0, 0.05) is 29.2 Å². The zero-order valence-corrected chi connectivity index (χ0v) is 31.4. The van der Waals surface area contributed by atoms with Gasteiger partial charge in [0.25, 0.3) is 0 Å². The van der Waals surface area contributed by atoms with E-state index < -0.39 is 0 Å². The number of hydrogen-bond acceptors (Lipinski definition) is 0. The molecule has 0 bridgehead atoms. The molecule has 0 atom stereocenters. The zero-order valence-electron chi connectivity index (χ0n) is 31.4. The Balaban J connectivity index is 1.24. The fraction of sp³-hybridized carbons (Fsp3) is 0.176. The molecule has 0 radical (unpaired) electrons. The van der Waals surface area contributed by atoms with Crippen molar-refractivity contribution in [1.82, 2.24) is 9.13 Å². The van der Waals surface area contributed by atoms with Gasteiger partial charge in [0.2, 0.25) is 0 Å². The molecule has 2 aromatic heterocycles. The second-order valence-electron chi connectivity index (χ2n) is 13.9. The Morgan fingerprint density at radius 2 is 1.08 bits per heavy atom. The maximum absolute atomic E-state index is 3.80. The Morgan fingerprint density at radius 3 is 1.58 bits per heavy atom. The van der Waals surface area contributed by atoms with Crippen LogP contribution in [0.25, 0.3) is 73.8 Å². The van der Waals surface area contributed by atoms with E-state index >= 15 is 0 Å². The van der Waals surface area contributed by atoms with Crippen LogP contribution in [0, 0.1) is 0 Å². The molecule has 0 spiro atoms. The highest BCUT2D eigenvalue weighted by atomic mass is 15.1. The highest BCUT2D eigenvalue weighted by Gasteiger charge is 2.20. The molecule has 0 saturated heterocycles. The minimum absolute atomic E-state index is 1.01. The third kappa shape index (κ3) is 7.69. The number of hydrogen-bond donors (Lipinski definition) is 0. The molecule has 0 fully saturated rings. The van der Waals surface area contributed by atoms with Gasteiger partial charge in [0.15, 0.2) is 0 Å². The molecular weight excluding hydrogens is 641 g/mol. The Labute approximate surface area is 315 Å². The highest BCUT2D eigenvalue weighted by molar-refractivity contribution is 6.21. The standard InChI is InChI=1S/C51H50N2/c1-5-9-15-42(8-4)44-28-22-38(23-29-44)18-20-40-26-32-46-48(36-40)52(34-10-6-2)51-50(46)47-33-27-41(37-49(47)53(51)35-11-7-3)21-19-39-24-30-45(31-25-39)43-16-13-12-14-17-43/h5,8-9,12-33,36-37H,1,6-7,10-11,34-35H2,2-4H3/b15-9-,20-18+,21-19+,42-8+. The van der Waals surface area contributed by atoms with E-state index in [0.29, 0.717) is 0 Å². The fourth-order valence-electron chi connectivity index (χ4n) is 7.41. The van der Waals surface area contributed by atoms with Crippen molar-refractivity contribution in [3.63, 3.8) is 0 Å². The quantitative estimate of drug-likeness (QED) is 0.0794. The number of nitrogens with zero attached hydrogens (tertiary/aromatic N) is 2. The van der Waals surface area contributed by atoms with Gasteiger partial charge in [0.05, 0.1) is 11.0 Å². The summed E-state index contributed by atoms with van der Waals surface area (Å²) in [6, 6.07) is 42.3. The van der Waals surface area contributed by atoms with Crippen molar-refractivity contribution in [3.05, 3.63) is 174 Å². The largest absolute Gasteiger partial charge is 0.327 e. The van der Waals surface area contributed by atoms with E-state index in [1.54, 1.807) is 0 Å². The molecule has 53 heavy (non-hydrogen) atoms. The molecule has 2 heteroatoms. The van der Waals surface area contributed by atoms with Crippen LogP contribution in [0.15, 0.2) is 146 Å². The average molecular weight is 691 g/mol. The predicted octanol–water partition coefficient (Wildman–Crippen LogP) is 14.5. The molecule has 0 N–H and O–H groups in total. The number of rotatable bonds is 14. The molecule has 0 amide bonds. The van der Waals surface area contributed by atoms with Crippen LogP contribution in [0.4, 0.5) is 0 Å². The summed E-state index contributed by atoms with van der Waals surface area (Å²) in [7, 11) is 0. The molecule has 0 saturated carbocycles. The summed E-state index contributed by atoms with van der Waals surface area (Å²) in [5.41, 5.74) is 13.7. The van der Waals surface area contributed by atoms with Crippen molar-refractivity contribution in [3.8, 4) is 11.1 Å². The molecule has 2 nitrogen and oxygen atoms in total. The van der Waals surface area contributed by atoms with Gasteiger partial charge < -0.3 is 9.13 Å². The molecule has 0 aliphatic heterocycles. The molecule has 7 rings (SSSR count).